The monoisotopic (exact) mass is 330 g/mol. The summed E-state index contributed by atoms with van der Waals surface area (Å²) in [6, 6.07) is 8.12. The molecule has 0 aliphatic carbocycles. The van der Waals surface area contributed by atoms with Gasteiger partial charge in [-0.3, -0.25) is 9.69 Å². The van der Waals surface area contributed by atoms with Crippen LogP contribution in [0.25, 0.3) is 6.08 Å². The number of likely N-dealkylation sites (tertiary alicyclic amines) is 1. The van der Waals surface area contributed by atoms with E-state index >= 15 is 0 Å². The molecular weight excluding hydrogens is 300 g/mol. The van der Waals surface area contributed by atoms with Crippen molar-refractivity contribution in [3.63, 3.8) is 0 Å². The number of benzene rings is 1. The van der Waals surface area contributed by atoms with Crippen LogP contribution in [-0.2, 0) is 4.79 Å². The highest BCUT2D eigenvalue weighted by molar-refractivity contribution is 5.91. The topological polar surface area (TPSA) is 41.6 Å². The fraction of sp³-hybridized carbons (Fsp3) is 0.550. The fourth-order valence-corrected chi connectivity index (χ4v) is 3.08. The van der Waals surface area contributed by atoms with Crippen LogP contribution < -0.4 is 10.1 Å². The summed E-state index contributed by atoms with van der Waals surface area (Å²) in [5.41, 5.74) is 0.992. The van der Waals surface area contributed by atoms with Gasteiger partial charge in [-0.15, -0.1) is 0 Å². The van der Waals surface area contributed by atoms with Crippen LogP contribution in [0.3, 0.4) is 0 Å². The summed E-state index contributed by atoms with van der Waals surface area (Å²) in [5.74, 6) is 1.57. The minimum atomic E-state index is -0.0409. The number of amides is 1. The second kappa shape index (κ2) is 9.48. The van der Waals surface area contributed by atoms with Gasteiger partial charge in [-0.2, -0.15) is 0 Å². The Balaban J connectivity index is 1.75. The van der Waals surface area contributed by atoms with Crippen LogP contribution in [0.4, 0.5) is 0 Å². The highest BCUT2D eigenvalue weighted by Gasteiger charge is 2.20. The van der Waals surface area contributed by atoms with Gasteiger partial charge in [-0.25, -0.2) is 0 Å². The molecule has 0 aromatic heterocycles. The van der Waals surface area contributed by atoms with Crippen molar-refractivity contribution < 1.29 is 9.53 Å². The van der Waals surface area contributed by atoms with Gasteiger partial charge in [-0.05, 0) is 62.9 Å². The van der Waals surface area contributed by atoms with Crippen LogP contribution in [0.15, 0.2) is 30.3 Å². The number of carbonyl (C=O) groups excluding carboxylic acids is 1. The second-order valence-electron chi connectivity index (χ2n) is 6.67. The predicted molar refractivity (Wildman–Crippen MR) is 99.1 cm³/mol. The Morgan fingerprint density at radius 1 is 1.42 bits per heavy atom. The smallest absolute Gasteiger partial charge is 0.244 e. The SMILES string of the molecule is CCOc1ccc(/C=C/C(=O)NC[C@H](C)N2CCC[C@H](C)C2)cc1. The maximum absolute atomic E-state index is 12.0. The van der Waals surface area contributed by atoms with E-state index in [1.165, 1.54) is 12.8 Å². The van der Waals surface area contributed by atoms with Crippen LogP contribution in [0.1, 0.15) is 39.2 Å². The van der Waals surface area contributed by atoms with Gasteiger partial charge in [0.25, 0.3) is 0 Å². The first-order chi connectivity index (χ1) is 11.6. The maximum Gasteiger partial charge on any atom is 0.244 e. The quantitative estimate of drug-likeness (QED) is 0.780. The van der Waals surface area contributed by atoms with E-state index < -0.39 is 0 Å². The zero-order chi connectivity index (χ0) is 17.4. The van der Waals surface area contributed by atoms with Crippen molar-refractivity contribution >= 4 is 12.0 Å². The molecule has 1 aliphatic heterocycles. The number of piperidine rings is 1. The molecule has 1 amide bonds. The van der Waals surface area contributed by atoms with Crippen molar-refractivity contribution in [2.45, 2.75) is 39.7 Å². The van der Waals surface area contributed by atoms with Crippen LogP contribution in [0.2, 0.25) is 0 Å². The molecule has 1 N–H and O–H groups in total. The summed E-state index contributed by atoms with van der Waals surface area (Å²) in [5, 5.41) is 3.00. The summed E-state index contributed by atoms with van der Waals surface area (Å²) >= 11 is 0. The van der Waals surface area contributed by atoms with Gasteiger partial charge in [0.15, 0.2) is 0 Å². The van der Waals surface area contributed by atoms with Gasteiger partial charge in [0.1, 0.15) is 5.75 Å². The van der Waals surface area contributed by atoms with Crippen molar-refractivity contribution in [2.24, 2.45) is 5.92 Å². The Morgan fingerprint density at radius 3 is 2.83 bits per heavy atom. The number of hydrogen-bond donors (Lipinski definition) is 1. The number of carbonyl (C=O) groups is 1. The molecule has 1 heterocycles. The lowest BCUT2D eigenvalue weighted by Crippen LogP contribution is -2.46. The molecule has 0 spiro atoms. The number of nitrogens with one attached hydrogen (secondary N) is 1. The average molecular weight is 330 g/mol. The second-order valence-corrected chi connectivity index (χ2v) is 6.67. The van der Waals surface area contributed by atoms with Crippen LogP contribution >= 0.6 is 0 Å². The van der Waals surface area contributed by atoms with Gasteiger partial charge in [-0.1, -0.05) is 19.1 Å². The summed E-state index contributed by atoms with van der Waals surface area (Å²) < 4.78 is 5.41. The Kier molecular flexibility index (Phi) is 7.32. The minimum absolute atomic E-state index is 0.0409. The molecule has 2 rings (SSSR count). The maximum atomic E-state index is 12.0. The van der Waals surface area contributed by atoms with Crippen LogP contribution in [0.5, 0.6) is 5.75 Å². The normalized spacial score (nSPS) is 20.0. The predicted octanol–water partition coefficient (Wildman–Crippen LogP) is 3.34. The van der Waals surface area contributed by atoms with E-state index in [0.29, 0.717) is 19.2 Å². The molecule has 4 heteroatoms. The Morgan fingerprint density at radius 2 is 2.17 bits per heavy atom. The molecule has 0 bridgehead atoms. The van der Waals surface area contributed by atoms with Crippen LogP contribution in [0, 0.1) is 5.92 Å². The van der Waals surface area contributed by atoms with Crippen molar-refractivity contribution in [3.8, 4) is 5.75 Å². The summed E-state index contributed by atoms with van der Waals surface area (Å²) in [6.07, 6.45) is 6.01. The largest absolute Gasteiger partial charge is 0.494 e. The van der Waals surface area contributed by atoms with Gasteiger partial charge in [0.2, 0.25) is 5.91 Å². The lowest BCUT2D eigenvalue weighted by Gasteiger charge is -2.35. The third kappa shape index (κ3) is 6.00. The Hall–Kier alpha value is -1.81. The molecule has 1 aliphatic rings. The molecule has 1 fully saturated rings. The Labute approximate surface area is 145 Å². The van der Waals surface area contributed by atoms with Crippen molar-refractivity contribution in [2.75, 3.05) is 26.2 Å². The number of rotatable bonds is 7. The van der Waals surface area contributed by atoms with E-state index in [9.17, 15) is 4.79 Å². The molecular formula is C20H30N2O2. The summed E-state index contributed by atoms with van der Waals surface area (Å²) in [6.45, 7) is 10.1. The van der Waals surface area contributed by atoms with E-state index in [1.54, 1.807) is 6.08 Å². The highest BCUT2D eigenvalue weighted by Crippen LogP contribution is 2.17. The molecule has 4 nitrogen and oxygen atoms in total. The number of nitrogens with zero attached hydrogens (tertiary/aromatic N) is 1. The van der Waals surface area contributed by atoms with Crippen molar-refractivity contribution in [3.05, 3.63) is 35.9 Å². The summed E-state index contributed by atoms with van der Waals surface area (Å²) in [4.78, 5) is 14.5. The van der Waals surface area contributed by atoms with Gasteiger partial charge < -0.3 is 10.1 Å². The molecule has 1 aromatic carbocycles. The van der Waals surface area contributed by atoms with E-state index in [2.05, 4.69) is 24.1 Å². The Bertz CT molecular complexity index is 539. The van der Waals surface area contributed by atoms with Gasteiger partial charge in [0.05, 0.1) is 6.61 Å². The highest BCUT2D eigenvalue weighted by atomic mass is 16.5. The first-order valence-corrected chi connectivity index (χ1v) is 9.01. The third-order valence-electron chi connectivity index (χ3n) is 4.50. The van der Waals surface area contributed by atoms with Crippen molar-refractivity contribution in [1.29, 1.82) is 0 Å². The molecule has 1 aromatic rings. The van der Waals surface area contributed by atoms with Crippen molar-refractivity contribution in [1.82, 2.24) is 10.2 Å². The molecule has 0 unspecified atom stereocenters. The first-order valence-electron chi connectivity index (χ1n) is 9.01. The molecule has 24 heavy (non-hydrogen) atoms. The summed E-state index contributed by atoms with van der Waals surface area (Å²) in [7, 11) is 0. The molecule has 1 saturated heterocycles. The molecule has 0 saturated carbocycles. The van der Waals surface area contributed by atoms with Gasteiger partial charge >= 0.3 is 0 Å². The number of hydrogen-bond acceptors (Lipinski definition) is 3. The lowest BCUT2D eigenvalue weighted by molar-refractivity contribution is -0.116. The first kappa shape index (κ1) is 18.5. The molecule has 2 atom stereocenters. The van der Waals surface area contributed by atoms with Crippen LogP contribution in [-0.4, -0.2) is 43.1 Å². The standard InChI is InChI=1S/C20H30N2O2/c1-4-24-19-10-7-18(8-11-19)9-12-20(23)21-14-17(3)22-13-5-6-16(2)15-22/h7-12,16-17H,4-6,13-15H2,1-3H3,(H,21,23)/b12-9+/t16-,17-/m0/s1. The minimum Gasteiger partial charge on any atom is -0.494 e. The third-order valence-corrected chi connectivity index (χ3v) is 4.50. The molecule has 132 valence electrons. The van der Waals surface area contributed by atoms with Gasteiger partial charge in [0, 0.05) is 25.2 Å². The van der Waals surface area contributed by atoms with E-state index in [0.717, 1.165) is 30.3 Å². The van der Waals surface area contributed by atoms with E-state index in [-0.39, 0.29) is 5.91 Å². The zero-order valence-electron chi connectivity index (χ0n) is 15.1. The lowest BCUT2D eigenvalue weighted by atomic mass is 9.99. The fourth-order valence-electron chi connectivity index (χ4n) is 3.08. The van der Waals surface area contributed by atoms with E-state index in [4.69, 9.17) is 4.74 Å². The average Bonchev–Trinajstić information content (AvgIpc) is 2.59. The molecule has 0 radical (unpaired) electrons. The van der Waals surface area contributed by atoms with E-state index in [1.807, 2.05) is 37.3 Å². The number of ether oxygens (including phenoxy) is 1. The zero-order valence-corrected chi connectivity index (χ0v) is 15.1.